The molecule has 25 heavy (non-hydrogen) atoms. The molecule has 0 amide bonds. The van der Waals surface area contributed by atoms with Crippen molar-refractivity contribution in [3.05, 3.63) is 71.4 Å². The fourth-order valence-electron chi connectivity index (χ4n) is 2.27. The maximum Gasteiger partial charge on any atom is 0.214 e. The lowest BCUT2D eigenvalue weighted by Gasteiger charge is -2.03. The highest BCUT2D eigenvalue weighted by Gasteiger charge is 2.12. The van der Waals surface area contributed by atoms with Gasteiger partial charge in [-0.2, -0.15) is 4.68 Å². The van der Waals surface area contributed by atoms with Gasteiger partial charge in [0.05, 0.1) is 11.4 Å². The summed E-state index contributed by atoms with van der Waals surface area (Å²) >= 11 is 7.40. The Balaban J connectivity index is 1.49. The van der Waals surface area contributed by atoms with E-state index in [1.165, 1.54) is 11.8 Å². The van der Waals surface area contributed by atoms with Gasteiger partial charge in [0.2, 0.25) is 5.16 Å². The van der Waals surface area contributed by atoms with Crippen LogP contribution in [0.5, 0.6) is 0 Å². The second-order valence-electron chi connectivity index (χ2n) is 5.18. The van der Waals surface area contributed by atoms with E-state index in [1.807, 2.05) is 48.5 Å². The molecule has 0 saturated heterocycles. The molecular formula is C17H12ClN5OS. The van der Waals surface area contributed by atoms with Crippen LogP contribution in [0.25, 0.3) is 16.9 Å². The monoisotopic (exact) mass is 369 g/mol. The van der Waals surface area contributed by atoms with E-state index in [2.05, 4.69) is 20.7 Å². The molecule has 124 valence electrons. The zero-order chi connectivity index (χ0) is 17.1. The Bertz CT molecular complexity index is 968. The van der Waals surface area contributed by atoms with Gasteiger partial charge in [0.15, 0.2) is 0 Å². The molecule has 2 heterocycles. The van der Waals surface area contributed by atoms with Crippen LogP contribution in [-0.4, -0.2) is 25.4 Å². The number of thioether (sulfide) groups is 1. The normalized spacial score (nSPS) is 10.9. The summed E-state index contributed by atoms with van der Waals surface area (Å²) in [5.74, 6) is 1.34. The summed E-state index contributed by atoms with van der Waals surface area (Å²) in [5, 5.41) is 17.3. The summed E-state index contributed by atoms with van der Waals surface area (Å²) in [5.41, 5.74) is 2.68. The van der Waals surface area contributed by atoms with Crippen molar-refractivity contribution in [3.8, 4) is 16.9 Å². The van der Waals surface area contributed by atoms with Gasteiger partial charge < -0.3 is 4.52 Å². The van der Waals surface area contributed by atoms with Crippen LogP contribution < -0.4 is 0 Å². The molecule has 0 aliphatic carbocycles. The zero-order valence-electron chi connectivity index (χ0n) is 12.9. The average Bonchev–Trinajstić information content (AvgIpc) is 3.31. The molecule has 0 radical (unpaired) electrons. The Morgan fingerprint density at radius 1 is 1.04 bits per heavy atom. The van der Waals surface area contributed by atoms with Gasteiger partial charge in [-0.25, -0.2) is 0 Å². The van der Waals surface area contributed by atoms with Crippen LogP contribution >= 0.6 is 23.4 Å². The predicted molar refractivity (Wildman–Crippen MR) is 95.7 cm³/mol. The van der Waals surface area contributed by atoms with Crippen molar-refractivity contribution in [2.75, 3.05) is 0 Å². The van der Waals surface area contributed by atoms with Crippen molar-refractivity contribution in [1.82, 2.24) is 25.4 Å². The highest BCUT2D eigenvalue weighted by atomic mass is 35.5. The molecule has 0 spiro atoms. The molecule has 2 aromatic heterocycles. The third kappa shape index (κ3) is 3.57. The van der Waals surface area contributed by atoms with Gasteiger partial charge in [0.25, 0.3) is 0 Å². The van der Waals surface area contributed by atoms with Gasteiger partial charge in [-0.05, 0) is 34.7 Å². The molecule has 0 aliphatic rings. The first kappa shape index (κ1) is 15.9. The fraction of sp³-hybridized carbons (Fsp3) is 0.0588. The maximum absolute atomic E-state index is 5.92. The Morgan fingerprint density at radius 2 is 1.84 bits per heavy atom. The van der Waals surface area contributed by atoms with E-state index in [4.69, 9.17) is 16.1 Å². The molecule has 0 bridgehead atoms. The second kappa shape index (κ2) is 7.08. The van der Waals surface area contributed by atoms with Crippen LogP contribution in [0, 0.1) is 0 Å². The van der Waals surface area contributed by atoms with Crippen molar-refractivity contribution in [1.29, 1.82) is 0 Å². The van der Waals surface area contributed by atoms with E-state index in [-0.39, 0.29) is 0 Å². The molecule has 0 aliphatic heterocycles. The van der Waals surface area contributed by atoms with Crippen LogP contribution in [0.15, 0.2) is 70.3 Å². The number of benzene rings is 2. The fourth-order valence-corrected chi connectivity index (χ4v) is 3.17. The molecule has 0 fully saturated rings. The highest BCUT2D eigenvalue weighted by Crippen LogP contribution is 2.25. The van der Waals surface area contributed by atoms with Gasteiger partial charge in [-0.3, -0.25) is 0 Å². The smallest absolute Gasteiger partial charge is 0.214 e. The first-order valence-electron chi connectivity index (χ1n) is 7.48. The molecule has 4 aromatic rings. The minimum atomic E-state index is 0.577. The summed E-state index contributed by atoms with van der Waals surface area (Å²) in [4.78, 5) is 0. The Hall–Kier alpha value is -2.64. The van der Waals surface area contributed by atoms with Crippen molar-refractivity contribution < 1.29 is 4.52 Å². The zero-order valence-corrected chi connectivity index (χ0v) is 14.5. The van der Waals surface area contributed by atoms with E-state index < -0.39 is 0 Å². The summed E-state index contributed by atoms with van der Waals surface area (Å²) in [6.07, 6.45) is 0. The number of hydrogen-bond acceptors (Lipinski definition) is 6. The Kier molecular flexibility index (Phi) is 4.49. The second-order valence-corrected chi connectivity index (χ2v) is 6.56. The molecule has 2 aromatic carbocycles. The first-order chi connectivity index (χ1) is 12.3. The van der Waals surface area contributed by atoms with Gasteiger partial charge >= 0.3 is 0 Å². The lowest BCUT2D eigenvalue weighted by atomic mass is 10.1. The van der Waals surface area contributed by atoms with Crippen molar-refractivity contribution in [2.45, 2.75) is 10.9 Å². The molecule has 0 unspecified atom stereocenters. The molecule has 0 N–H and O–H groups in total. The molecular weight excluding hydrogens is 358 g/mol. The SMILES string of the molecule is Clc1ccc(-n2nnnc2SCc2cc(-c3ccccc3)no2)cc1. The van der Waals surface area contributed by atoms with E-state index in [0.29, 0.717) is 15.9 Å². The summed E-state index contributed by atoms with van der Waals surface area (Å²) in [6, 6.07) is 19.2. The van der Waals surface area contributed by atoms with Crippen LogP contribution in [0.1, 0.15) is 5.76 Å². The lowest BCUT2D eigenvalue weighted by molar-refractivity contribution is 0.397. The summed E-state index contributed by atoms with van der Waals surface area (Å²) < 4.78 is 7.07. The third-order valence-electron chi connectivity index (χ3n) is 3.48. The maximum atomic E-state index is 5.92. The lowest BCUT2D eigenvalue weighted by Crippen LogP contribution is -1.98. The van der Waals surface area contributed by atoms with Crippen molar-refractivity contribution >= 4 is 23.4 Å². The first-order valence-corrected chi connectivity index (χ1v) is 8.84. The van der Waals surface area contributed by atoms with Crippen molar-refractivity contribution in [2.24, 2.45) is 0 Å². The predicted octanol–water partition coefficient (Wildman–Crippen LogP) is 4.26. The number of tetrazole rings is 1. The van der Waals surface area contributed by atoms with Crippen LogP contribution in [-0.2, 0) is 5.75 Å². The molecule has 4 rings (SSSR count). The van der Waals surface area contributed by atoms with Gasteiger partial charge in [-0.1, -0.05) is 58.9 Å². The van der Waals surface area contributed by atoms with Crippen LogP contribution in [0.2, 0.25) is 5.02 Å². The summed E-state index contributed by atoms with van der Waals surface area (Å²) in [7, 11) is 0. The Morgan fingerprint density at radius 3 is 2.64 bits per heavy atom. The number of nitrogens with zero attached hydrogens (tertiary/aromatic N) is 5. The molecule has 0 atom stereocenters. The number of aromatic nitrogens is 5. The minimum Gasteiger partial charge on any atom is -0.360 e. The highest BCUT2D eigenvalue weighted by molar-refractivity contribution is 7.98. The average molecular weight is 370 g/mol. The van der Waals surface area contributed by atoms with Crippen LogP contribution in [0.3, 0.4) is 0 Å². The number of hydrogen-bond donors (Lipinski definition) is 0. The van der Waals surface area contributed by atoms with E-state index in [1.54, 1.807) is 16.8 Å². The standard InChI is InChI=1S/C17H12ClN5OS/c18-13-6-8-14(9-7-13)23-17(19-21-22-23)25-11-15-10-16(20-24-15)12-4-2-1-3-5-12/h1-10H,11H2. The van der Waals surface area contributed by atoms with Gasteiger partial charge in [-0.15, -0.1) is 5.10 Å². The quantitative estimate of drug-likeness (QED) is 0.489. The van der Waals surface area contributed by atoms with Gasteiger partial charge in [0, 0.05) is 16.7 Å². The minimum absolute atomic E-state index is 0.577. The third-order valence-corrected chi connectivity index (χ3v) is 4.68. The molecule has 6 nitrogen and oxygen atoms in total. The Labute approximate surface area is 152 Å². The largest absolute Gasteiger partial charge is 0.360 e. The van der Waals surface area contributed by atoms with Gasteiger partial charge in [0.1, 0.15) is 11.5 Å². The van der Waals surface area contributed by atoms with E-state index in [0.717, 1.165) is 22.7 Å². The van der Waals surface area contributed by atoms with E-state index >= 15 is 0 Å². The molecule has 0 saturated carbocycles. The number of halogens is 1. The summed E-state index contributed by atoms with van der Waals surface area (Å²) in [6.45, 7) is 0. The van der Waals surface area contributed by atoms with Crippen LogP contribution in [0.4, 0.5) is 0 Å². The van der Waals surface area contributed by atoms with E-state index in [9.17, 15) is 0 Å². The van der Waals surface area contributed by atoms with Crippen molar-refractivity contribution in [3.63, 3.8) is 0 Å². The number of rotatable bonds is 5. The molecule has 8 heteroatoms. The topological polar surface area (TPSA) is 69.6 Å².